The van der Waals surface area contributed by atoms with Crippen LogP contribution in [0, 0.1) is 0 Å². The third-order valence-corrected chi connectivity index (χ3v) is 4.83. The van der Waals surface area contributed by atoms with Crippen LogP contribution in [-0.4, -0.2) is 16.1 Å². The first kappa shape index (κ1) is 13.4. The molecule has 2 aromatic rings. The van der Waals surface area contributed by atoms with E-state index in [-0.39, 0.29) is 11.7 Å². The van der Waals surface area contributed by atoms with Crippen molar-refractivity contribution in [3.05, 3.63) is 28.0 Å². The largest absolute Gasteiger partial charge is 0.475 e. The highest BCUT2D eigenvalue weighted by Crippen LogP contribution is 2.36. The molecule has 0 unspecified atom stereocenters. The second-order valence-electron chi connectivity index (χ2n) is 5.46. The summed E-state index contributed by atoms with van der Waals surface area (Å²) >= 11 is 1.68. The summed E-state index contributed by atoms with van der Waals surface area (Å²) in [5, 5.41) is 9.21. The minimum Gasteiger partial charge on any atom is -0.475 e. The Kier molecular flexibility index (Phi) is 3.38. The van der Waals surface area contributed by atoms with Crippen LogP contribution in [0.1, 0.15) is 59.3 Å². The van der Waals surface area contributed by atoms with Crippen molar-refractivity contribution in [3.8, 4) is 10.8 Å². The Morgan fingerprint density at radius 3 is 2.75 bits per heavy atom. The molecule has 2 heterocycles. The van der Waals surface area contributed by atoms with Gasteiger partial charge in [0.05, 0.1) is 10.6 Å². The molecule has 106 valence electrons. The Labute approximate surface area is 121 Å². The molecule has 0 saturated heterocycles. The van der Waals surface area contributed by atoms with Gasteiger partial charge in [0, 0.05) is 4.88 Å². The predicted molar refractivity (Wildman–Crippen MR) is 77.5 cm³/mol. The van der Waals surface area contributed by atoms with Crippen molar-refractivity contribution in [3.63, 3.8) is 0 Å². The molecule has 3 rings (SSSR count). The molecule has 4 nitrogen and oxygen atoms in total. The smallest absolute Gasteiger partial charge is 0.373 e. The van der Waals surface area contributed by atoms with E-state index in [4.69, 9.17) is 4.42 Å². The third kappa shape index (κ3) is 2.26. The molecule has 0 amide bonds. The maximum absolute atomic E-state index is 11.2. The maximum atomic E-state index is 11.2. The highest BCUT2D eigenvalue weighted by Gasteiger charge is 2.24. The van der Waals surface area contributed by atoms with E-state index in [0.717, 1.165) is 17.7 Å². The molecule has 5 heteroatoms. The van der Waals surface area contributed by atoms with Gasteiger partial charge in [-0.05, 0) is 43.2 Å². The number of carboxylic acid groups (broad SMARTS) is 1. The number of fused-ring (bicyclic) bond motifs is 1. The van der Waals surface area contributed by atoms with E-state index < -0.39 is 5.97 Å². The lowest BCUT2D eigenvalue weighted by molar-refractivity contribution is 0.0661. The number of hydrogen-bond acceptors (Lipinski definition) is 4. The number of oxazole rings is 1. The fourth-order valence-corrected chi connectivity index (χ4v) is 3.76. The average Bonchev–Trinajstić information content (AvgIpc) is 3.02. The summed E-state index contributed by atoms with van der Waals surface area (Å²) in [5.41, 5.74) is 1.90. The zero-order chi connectivity index (χ0) is 14.3. The van der Waals surface area contributed by atoms with Crippen LogP contribution in [0.4, 0.5) is 0 Å². The quantitative estimate of drug-likeness (QED) is 0.924. The number of rotatable bonds is 3. The number of thiophene rings is 1. The van der Waals surface area contributed by atoms with Gasteiger partial charge in [0.25, 0.3) is 0 Å². The zero-order valence-corrected chi connectivity index (χ0v) is 12.4. The normalized spacial score (nSPS) is 14.6. The van der Waals surface area contributed by atoms with Crippen LogP contribution in [-0.2, 0) is 12.8 Å². The number of aryl methyl sites for hydroxylation is 2. The van der Waals surface area contributed by atoms with Gasteiger partial charge >= 0.3 is 5.97 Å². The molecule has 1 N–H and O–H groups in total. The Morgan fingerprint density at radius 1 is 1.40 bits per heavy atom. The molecule has 20 heavy (non-hydrogen) atoms. The van der Waals surface area contributed by atoms with Crippen LogP contribution in [0.15, 0.2) is 10.5 Å². The van der Waals surface area contributed by atoms with Crippen LogP contribution in [0.5, 0.6) is 0 Å². The SMILES string of the molecule is CC(C)c1nc(-c2cc3c(s2)CCCC3)oc1C(=O)O. The molecule has 0 fully saturated rings. The summed E-state index contributed by atoms with van der Waals surface area (Å²) < 4.78 is 5.50. The number of nitrogens with zero attached hydrogens (tertiary/aromatic N) is 1. The summed E-state index contributed by atoms with van der Waals surface area (Å²) in [5.74, 6) is -0.589. The fourth-order valence-electron chi connectivity index (χ4n) is 2.58. The lowest BCUT2D eigenvalue weighted by Gasteiger charge is -2.08. The highest BCUT2D eigenvalue weighted by atomic mass is 32.1. The van der Waals surface area contributed by atoms with Crippen molar-refractivity contribution >= 4 is 17.3 Å². The summed E-state index contributed by atoms with van der Waals surface area (Å²) in [4.78, 5) is 18.0. The number of aromatic nitrogens is 1. The Balaban J connectivity index is 2.04. The van der Waals surface area contributed by atoms with Crippen molar-refractivity contribution in [1.82, 2.24) is 4.98 Å². The lowest BCUT2D eigenvalue weighted by atomic mass is 9.99. The minimum absolute atomic E-state index is 0.0265. The molecular formula is C15H17NO3S. The summed E-state index contributed by atoms with van der Waals surface area (Å²) in [7, 11) is 0. The molecule has 0 atom stereocenters. The molecule has 2 aromatic heterocycles. The van der Waals surface area contributed by atoms with Gasteiger partial charge in [0.15, 0.2) is 0 Å². The minimum atomic E-state index is -1.05. The van der Waals surface area contributed by atoms with Gasteiger partial charge < -0.3 is 9.52 Å². The lowest BCUT2D eigenvalue weighted by Crippen LogP contribution is -2.01. The van der Waals surface area contributed by atoms with Gasteiger partial charge in [0.1, 0.15) is 0 Å². The van der Waals surface area contributed by atoms with Crippen LogP contribution >= 0.6 is 11.3 Å². The van der Waals surface area contributed by atoms with Crippen molar-refractivity contribution < 1.29 is 14.3 Å². The molecule has 1 aliphatic rings. The second kappa shape index (κ2) is 5.05. The van der Waals surface area contributed by atoms with E-state index in [2.05, 4.69) is 11.1 Å². The molecular weight excluding hydrogens is 274 g/mol. The average molecular weight is 291 g/mol. The Morgan fingerprint density at radius 2 is 2.15 bits per heavy atom. The first-order chi connectivity index (χ1) is 9.56. The standard InChI is InChI=1S/C15H17NO3S/c1-8(2)12-13(15(17)18)19-14(16-12)11-7-9-5-3-4-6-10(9)20-11/h7-8H,3-6H2,1-2H3,(H,17,18). The molecule has 0 spiro atoms. The van der Waals surface area contributed by atoms with Gasteiger partial charge in [-0.3, -0.25) is 0 Å². The monoisotopic (exact) mass is 291 g/mol. The third-order valence-electron chi connectivity index (χ3n) is 3.60. The molecule has 0 bridgehead atoms. The van der Waals surface area contributed by atoms with Crippen molar-refractivity contribution in [1.29, 1.82) is 0 Å². The summed E-state index contributed by atoms with van der Waals surface area (Å²) in [6.07, 6.45) is 4.68. The molecule has 1 aliphatic carbocycles. The van der Waals surface area contributed by atoms with Gasteiger partial charge in [-0.2, -0.15) is 0 Å². The zero-order valence-electron chi connectivity index (χ0n) is 11.6. The van der Waals surface area contributed by atoms with Crippen molar-refractivity contribution in [2.45, 2.75) is 45.4 Å². The molecule has 0 aromatic carbocycles. The summed E-state index contributed by atoms with van der Waals surface area (Å²) in [6, 6.07) is 2.11. The number of carboxylic acids is 1. The maximum Gasteiger partial charge on any atom is 0.373 e. The van der Waals surface area contributed by atoms with Crippen LogP contribution in [0.3, 0.4) is 0 Å². The topological polar surface area (TPSA) is 63.3 Å². The van der Waals surface area contributed by atoms with Crippen LogP contribution < -0.4 is 0 Å². The van der Waals surface area contributed by atoms with Crippen molar-refractivity contribution in [2.24, 2.45) is 0 Å². The van der Waals surface area contributed by atoms with Gasteiger partial charge in [0.2, 0.25) is 11.7 Å². The first-order valence-corrected chi connectivity index (χ1v) is 7.74. The van der Waals surface area contributed by atoms with E-state index in [1.54, 1.807) is 11.3 Å². The molecule has 0 aliphatic heterocycles. The van der Waals surface area contributed by atoms with Gasteiger partial charge in [-0.1, -0.05) is 13.8 Å². The predicted octanol–water partition coefficient (Wildman–Crippen LogP) is 4.10. The van der Waals surface area contributed by atoms with Gasteiger partial charge in [-0.25, -0.2) is 9.78 Å². The first-order valence-electron chi connectivity index (χ1n) is 6.92. The number of aromatic carboxylic acids is 1. The number of carbonyl (C=O) groups is 1. The molecule has 0 saturated carbocycles. The Bertz CT molecular complexity index is 631. The fraction of sp³-hybridized carbons (Fsp3) is 0.467. The van der Waals surface area contributed by atoms with E-state index in [9.17, 15) is 9.90 Å². The van der Waals surface area contributed by atoms with Crippen LogP contribution in [0.25, 0.3) is 10.8 Å². The van der Waals surface area contributed by atoms with Gasteiger partial charge in [-0.15, -0.1) is 11.3 Å². The van der Waals surface area contributed by atoms with E-state index >= 15 is 0 Å². The summed E-state index contributed by atoms with van der Waals surface area (Å²) in [6.45, 7) is 3.85. The van der Waals surface area contributed by atoms with Crippen molar-refractivity contribution in [2.75, 3.05) is 0 Å². The van der Waals surface area contributed by atoms with E-state index in [1.165, 1.54) is 23.3 Å². The van der Waals surface area contributed by atoms with E-state index in [0.29, 0.717) is 11.6 Å². The second-order valence-corrected chi connectivity index (χ2v) is 6.60. The number of hydrogen-bond donors (Lipinski definition) is 1. The Hall–Kier alpha value is -1.62. The highest BCUT2D eigenvalue weighted by molar-refractivity contribution is 7.15. The van der Waals surface area contributed by atoms with Crippen LogP contribution in [0.2, 0.25) is 0 Å². The van der Waals surface area contributed by atoms with E-state index in [1.807, 2.05) is 13.8 Å². The molecule has 0 radical (unpaired) electrons.